The molecule has 0 fully saturated rings. The van der Waals surface area contributed by atoms with Crippen molar-refractivity contribution >= 4 is 17.7 Å². The number of para-hydroxylation sites is 1. The van der Waals surface area contributed by atoms with E-state index in [-0.39, 0.29) is 5.91 Å². The molecule has 0 bridgehead atoms. The van der Waals surface area contributed by atoms with Gasteiger partial charge in [0.2, 0.25) is 5.91 Å². The number of anilines is 1. The zero-order valence-corrected chi connectivity index (χ0v) is 15.6. The highest BCUT2D eigenvalue weighted by Crippen LogP contribution is 2.22. The van der Waals surface area contributed by atoms with Gasteiger partial charge in [0.05, 0.1) is 7.11 Å². The summed E-state index contributed by atoms with van der Waals surface area (Å²) >= 11 is 0. The van der Waals surface area contributed by atoms with E-state index in [4.69, 9.17) is 4.74 Å². The summed E-state index contributed by atoms with van der Waals surface area (Å²) in [4.78, 5) is 12.4. The standard InChI is InChI=1S/C24H23NO2/c1-18-12-14-23(27-2)21(16-18)13-15-24(26)25-22-11-7-6-10-20(22)17-19-8-4-3-5-9-19/h3-16H,17H2,1-2H3,(H,25,26)/b15-13+. The quantitative estimate of drug-likeness (QED) is 0.612. The molecule has 1 N–H and O–H groups in total. The molecule has 0 heterocycles. The van der Waals surface area contributed by atoms with Gasteiger partial charge in [0.25, 0.3) is 0 Å². The second-order valence-corrected chi connectivity index (χ2v) is 6.39. The minimum atomic E-state index is -0.168. The van der Waals surface area contributed by atoms with Crippen LogP contribution in [0.25, 0.3) is 6.08 Å². The monoisotopic (exact) mass is 357 g/mol. The number of carbonyl (C=O) groups is 1. The van der Waals surface area contributed by atoms with Crippen LogP contribution in [0.2, 0.25) is 0 Å². The molecule has 0 aliphatic carbocycles. The maximum absolute atomic E-state index is 12.4. The van der Waals surface area contributed by atoms with Crippen LogP contribution >= 0.6 is 0 Å². The van der Waals surface area contributed by atoms with E-state index in [0.29, 0.717) is 0 Å². The minimum Gasteiger partial charge on any atom is -0.496 e. The van der Waals surface area contributed by atoms with Crippen molar-refractivity contribution in [3.8, 4) is 5.75 Å². The molecule has 0 radical (unpaired) electrons. The van der Waals surface area contributed by atoms with Crippen molar-refractivity contribution in [2.24, 2.45) is 0 Å². The topological polar surface area (TPSA) is 38.3 Å². The fourth-order valence-corrected chi connectivity index (χ4v) is 2.94. The lowest BCUT2D eigenvalue weighted by atomic mass is 10.0. The predicted octanol–water partition coefficient (Wildman–Crippen LogP) is 5.25. The lowest BCUT2D eigenvalue weighted by Crippen LogP contribution is -2.10. The molecule has 3 rings (SSSR count). The zero-order chi connectivity index (χ0) is 19.1. The number of hydrogen-bond donors (Lipinski definition) is 1. The van der Waals surface area contributed by atoms with E-state index in [1.54, 1.807) is 13.2 Å². The van der Waals surface area contributed by atoms with Crippen LogP contribution in [0, 0.1) is 6.92 Å². The van der Waals surface area contributed by atoms with Gasteiger partial charge >= 0.3 is 0 Å². The molecule has 0 aromatic heterocycles. The summed E-state index contributed by atoms with van der Waals surface area (Å²) in [5.41, 5.74) is 5.11. The number of ether oxygens (including phenoxy) is 1. The van der Waals surface area contributed by atoms with Crippen molar-refractivity contribution in [1.82, 2.24) is 0 Å². The Labute approximate surface area is 160 Å². The maximum atomic E-state index is 12.4. The van der Waals surface area contributed by atoms with Crippen LogP contribution in [0.5, 0.6) is 5.75 Å². The number of carbonyl (C=O) groups excluding carboxylic acids is 1. The number of benzene rings is 3. The lowest BCUT2D eigenvalue weighted by Gasteiger charge is -2.10. The lowest BCUT2D eigenvalue weighted by molar-refractivity contribution is -0.111. The Bertz CT molecular complexity index is 946. The minimum absolute atomic E-state index is 0.168. The van der Waals surface area contributed by atoms with Gasteiger partial charge in [0.15, 0.2) is 0 Å². The molecule has 136 valence electrons. The van der Waals surface area contributed by atoms with E-state index in [9.17, 15) is 4.79 Å². The number of methoxy groups -OCH3 is 1. The fourth-order valence-electron chi connectivity index (χ4n) is 2.94. The molecule has 1 amide bonds. The highest BCUT2D eigenvalue weighted by atomic mass is 16.5. The van der Waals surface area contributed by atoms with Gasteiger partial charge in [-0.15, -0.1) is 0 Å². The highest BCUT2D eigenvalue weighted by molar-refractivity contribution is 6.02. The Morgan fingerprint density at radius 2 is 1.74 bits per heavy atom. The molecule has 3 aromatic rings. The number of nitrogens with one attached hydrogen (secondary N) is 1. The first-order valence-corrected chi connectivity index (χ1v) is 8.91. The molecule has 0 saturated carbocycles. The molecule has 27 heavy (non-hydrogen) atoms. The second kappa shape index (κ2) is 8.86. The molecule has 3 nitrogen and oxygen atoms in total. The number of amides is 1. The van der Waals surface area contributed by atoms with Gasteiger partial charge < -0.3 is 10.1 Å². The van der Waals surface area contributed by atoms with Crippen molar-refractivity contribution in [3.63, 3.8) is 0 Å². The third-order valence-corrected chi connectivity index (χ3v) is 4.31. The van der Waals surface area contributed by atoms with Gasteiger partial charge in [0.1, 0.15) is 5.75 Å². The van der Waals surface area contributed by atoms with Crippen LogP contribution < -0.4 is 10.1 Å². The Kier molecular flexibility index (Phi) is 6.06. The van der Waals surface area contributed by atoms with E-state index in [1.807, 2.05) is 67.6 Å². The van der Waals surface area contributed by atoms with Crippen LogP contribution in [-0.2, 0) is 11.2 Å². The molecule has 0 saturated heterocycles. The molecule has 3 heteroatoms. The van der Waals surface area contributed by atoms with Gasteiger partial charge in [-0.2, -0.15) is 0 Å². The highest BCUT2D eigenvalue weighted by Gasteiger charge is 2.06. The summed E-state index contributed by atoms with van der Waals surface area (Å²) in [6.07, 6.45) is 4.09. The maximum Gasteiger partial charge on any atom is 0.248 e. The number of rotatable bonds is 6. The van der Waals surface area contributed by atoms with Crippen LogP contribution in [0.4, 0.5) is 5.69 Å². The first kappa shape index (κ1) is 18.5. The average molecular weight is 357 g/mol. The van der Waals surface area contributed by atoms with Crippen molar-refractivity contribution in [1.29, 1.82) is 0 Å². The number of hydrogen-bond acceptors (Lipinski definition) is 2. The first-order chi connectivity index (χ1) is 13.2. The third kappa shape index (κ3) is 5.08. The van der Waals surface area contributed by atoms with E-state index in [0.717, 1.165) is 34.5 Å². The Morgan fingerprint density at radius 3 is 2.52 bits per heavy atom. The Balaban J connectivity index is 1.74. The summed E-state index contributed by atoms with van der Waals surface area (Å²) < 4.78 is 5.35. The van der Waals surface area contributed by atoms with Crippen LogP contribution in [0.3, 0.4) is 0 Å². The number of aryl methyl sites for hydroxylation is 1. The first-order valence-electron chi connectivity index (χ1n) is 8.91. The van der Waals surface area contributed by atoms with Crippen molar-refractivity contribution in [3.05, 3.63) is 101 Å². The Morgan fingerprint density at radius 1 is 1.00 bits per heavy atom. The molecule has 0 spiro atoms. The summed E-state index contributed by atoms with van der Waals surface area (Å²) in [6.45, 7) is 2.01. The van der Waals surface area contributed by atoms with Crippen molar-refractivity contribution in [2.75, 3.05) is 12.4 Å². The SMILES string of the molecule is COc1ccc(C)cc1/C=C/C(=O)Nc1ccccc1Cc1ccccc1. The molecular weight excluding hydrogens is 334 g/mol. The summed E-state index contributed by atoms with van der Waals surface area (Å²) in [7, 11) is 1.63. The molecule has 0 aliphatic heterocycles. The summed E-state index contributed by atoms with van der Waals surface area (Å²) in [6, 6.07) is 24.0. The molecular formula is C24H23NO2. The predicted molar refractivity (Wildman–Crippen MR) is 111 cm³/mol. The van der Waals surface area contributed by atoms with E-state index in [1.165, 1.54) is 11.6 Å². The third-order valence-electron chi connectivity index (χ3n) is 4.31. The Hall–Kier alpha value is -3.33. The van der Waals surface area contributed by atoms with Crippen molar-refractivity contribution in [2.45, 2.75) is 13.3 Å². The van der Waals surface area contributed by atoms with Crippen LogP contribution in [0.15, 0.2) is 78.9 Å². The van der Waals surface area contributed by atoms with Crippen LogP contribution in [0.1, 0.15) is 22.3 Å². The van der Waals surface area contributed by atoms with Gasteiger partial charge in [0, 0.05) is 17.3 Å². The summed E-state index contributed by atoms with van der Waals surface area (Å²) in [5.74, 6) is 0.577. The van der Waals surface area contributed by atoms with Gasteiger partial charge in [-0.3, -0.25) is 4.79 Å². The van der Waals surface area contributed by atoms with Gasteiger partial charge in [-0.1, -0.05) is 60.2 Å². The average Bonchev–Trinajstić information content (AvgIpc) is 2.69. The molecule has 0 aliphatic rings. The molecule has 0 unspecified atom stereocenters. The van der Waals surface area contributed by atoms with E-state index >= 15 is 0 Å². The normalized spacial score (nSPS) is 10.7. The summed E-state index contributed by atoms with van der Waals surface area (Å²) in [5, 5.41) is 2.99. The smallest absolute Gasteiger partial charge is 0.248 e. The fraction of sp³-hybridized carbons (Fsp3) is 0.125. The second-order valence-electron chi connectivity index (χ2n) is 6.39. The van der Waals surface area contributed by atoms with Crippen molar-refractivity contribution < 1.29 is 9.53 Å². The van der Waals surface area contributed by atoms with E-state index < -0.39 is 0 Å². The van der Waals surface area contributed by atoms with E-state index in [2.05, 4.69) is 17.4 Å². The molecule has 0 atom stereocenters. The van der Waals surface area contributed by atoms with Crippen LogP contribution in [-0.4, -0.2) is 13.0 Å². The zero-order valence-electron chi connectivity index (χ0n) is 15.6. The molecule has 3 aromatic carbocycles. The van der Waals surface area contributed by atoms with Gasteiger partial charge in [-0.05, 0) is 48.7 Å². The van der Waals surface area contributed by atoms with Gasteiger partial charge in [-0.25, -0.2) is 0 Å². The largest absolute Gasteiger partial charge is 0.496 e.